The molecule has 1 aliphatic heterocycles. The van der Waals surface area contributed by atoms with E-state index in [-0.39, 0.29) is 30.1 Å². The van der Waals surface area contributed by atoms with Crippen LogP contribution < -0.4 is 10.6 Å². The number of rotatable bonds is 6. The number of halogens is 1. The number of carbonyl (C=O) groups excluding carboxylic acids is 1. The van der Waals surface area contributed by atoms with Crippen LogP contribution in [0.5, 0.6) is 0 Å². The minimum Gasteiger partial charge on any atom is -0.450 e. The summed E-state index contributed by atoms with van der Waals surface area (Å²) in [5.74, 6) is 1.24. The fourth-order valence-electron chi connectivity index (χ4n) is 2.87. The summed E-state index contributed by atoms with van der Waals surface area (Å²) in [5, 5.41) is 11.1. The Morgan fingerprint density at radius 3 is 2.73 bits per heavy atom. The number of aliphatic imine (C=N–C) groups is 1. The number of nitrogens with zero attached hydrogens (tertiary/aromatic N) is 4. The van der Waals surface area contributed by atoms with E-state index in [1.54, 1.807) is 18.1 Å². The van der Waals surface area contributed by atoms with Crippen LogP contribution in [0.2, 0.25) is 0 Å². The van der Waals surface area contributed by atoms with E-state index in [2.05, 4.69) is 27.6 Å². The second-order valence-corrected chi connectivity index (χ2v) is 6.39. The number of piperidine rings is 1. The standard InChI is InChI=1S/C17H30N6O2.HI/c1-4-25-17(24)22-10-6-15(7-11-22)21-16(18-3)19-12-14(2)13-23-9-5-8-20-23;/h5,8-9,14-15H,4,6-7,10-13H2,1-3H3,(H2,18,19,21);1H. The van der Waals surface area contributed by atoms with Crippen LogP contribution in [0.1, 0.15) is 26.7 Å². The third-order valence-electron chi connectivity index (χ3n) is 4.26. The van der Waals surface area contributed by atoms with Crippen molar-refractivity contribution in [2.45, 2.75) is 39.3 Å². The Morgan fingerprint density at radius 1 is 1.42 bits per heavy atom. The minimum absolute atomic E-state index is 0. The second-order valence-electron chi connectivity index (χ2n) is 6.39. The molecular formula is C17H31IN6O2. The lowest BCUT2D eigenvalue weighted by Crippen LogP contribution is -2.50. The third kappa shape index (κ3) is 7.38. The monoisotopic (exact) mass is 478 g/mol. The van der Waals surface area contributed by atoms with Crippen LogP contribution in [0.3, 0.4) is 0 Å². The van der Waals surface area contributed by atoms with Crippen LogP contribution in [-0.4, -0.2) is 66.1 Å². The predicted octanol–water partition coefficient (Wildman–Crippen LogP) is 1.92. The van der Waals surface area contributed by atoms with Gasteiger partial charge in [-0.05, 0) is 31.7 Å². The quantitative estimate of drug-likeness (QED) is 0.371. The Kier molecular flexibility index (Phi) is 10.4. The maximum absolute atomic E-state index is 11.7. The number of aromatic nitrogens is 2. The molecule has 9 heteroatoms. The van der Waals surface area contributed by atoms with Crippen LogP contribution in [0.4, 0.5) is 4.79 Å². The van der Waals surface area contributed by atoms with Crippen LogP contribution in [0.15, 0.2) is 23.5 Å². The molecule has 2 rings (SSSR count). The Bertz CT molecular complexity index is 543. The fraction of sp³-hybridized carbons (Fsp3) is 0.706. The van der Waals surface area contributed by atoms with Gasteiger partial charge in [0.2, 0.25) is 0 Å². The molecule has 1 unspecified atom stereocenters. The molecule has 1 aromatic rings. The zero-order valence-corrected chi connectivity index (χ0v) is 18.2. The Balaban J connectivity index is 0.00000338. The highest BCUT2D eigenvalue weighted by atomic mass is 127. The van der Waals surface area contributed by atoms with Gasteiger partial charge in [0.1, 0.15) is 0 Å². The zero-order valence-electron chi connectivity index (χ0n) is 15.9. The highest BCUT2D eigenvalue weighted by Gasteiger charge is 2.24. The molecule has 1 aliphatic rings. The molecule has 2 heterocycles. The van der Waals surface area contributed by atoms with E-state index >= 15 is 0 Å². The second kappa shape index (κ2) is 12.0. The maximum atomic E-state index is 11.7. The van der Waals surface area contributed by atoms with Crippen molar-refractivity contribution in [3.63, 3.8) is 0 Å². The number of hydrogen-bond donors (Lipinski definition) is 2. The van der Waals surface area contributed by atoms with Gasteiger partial charge < -0.3 is 20.3 Å². The van der Waals surface area contributed by atoms with Crippen LogP contribution in [0, 0.1) is 5.92 Å². The molecule has 1 fully saturated rings. The average molecular weight is 478 g/mol. The molecule has 0 spiro atoms. The van der Waals surface area contributed by atoms with Gasteiger partial charge in [-0.25, -0.2) is 4.79 Å². The molecule has 148 valence electrons. The first-order valence-corrected chi connectivity index (χ1v) is 8.98. The lowest BCUT2D eigenvalue weighted by Gasteiger charge is -2.32. The Hall–Kier alpha value is -1.52. The molecule has 2 N–H and O–H groups in total. The van der Waals surface area contributed by atoms with Gasteiger partial charge in [-0.1, -0.05) is 6.92 Å². The van der Waals surface area contributed by atoms with Crippen molar-refractivity contribution in [3.05, 3.63) is 18.5 Å². The van der Waals surface area contributed by atoms with Crippen molar-refractivity contribution >= 4 is 36.0 Å². The molecule has 1 atom stereocenters. The van der Waals surface area contributed by atoms with Crippen molar-refractivity contribution in [3.8, 4) is 0 Å². The summed E-state index contributed by atoms with van der Waals surface area (Å²) in [7, 11) is 1.78. The number of carbonyl (C=O) groups is 1. The smallest absolute Gasteiger partial charge is 0.409 e. The first-order chi connectivity index (χ1) is 12.1. The number of nitrogens with one attached hydrogen (secondary N) is 2. The molecule has 0 aromatic carbocycles. The van der Waals surface area contributed by atoms with Crippen molar-refractivity contribution in [1.29, 1.82) is 0 Å². The molecule has 1 amide bonds. The lowest BCUT2D eigenvalue weighted by atomic mass is 10.1. The molecule has 1 saturated heterocycles. The van der Waals surface area contributed by atoms with Gasteiger partial charge in [-0.2, -0.15) is 5.10 Å². The highest BCUT2D eigenvalue weighted by molar-refractivity contribution is 14.0. The van der Waals surface area contributed by atoms with Gasteiger partial charge in [0.25, 0.3) is 0 Å². The summed E-state index contributed by atoms with van der Waals surface area (Å²) in [6, 6.07) is 2.25. The van der Waals surface area contributed by atoms with E-state index in [1.807, 2.05) is 23.9 Å². The molecule has 0 aliphatic carbocycles. The van der Waals surface area contributed by atoms with Gasteiger partial charge in [0.15, 0.2) is 5.96 Å². The van der Waals surface area contributed by atoms with Crippen molar-refractivity contribution in [2.24, 2.45) is 10.9 Å². The summed E-state index contributed by atoms with van der Waals surface area (Å²) in [4.78, 5) is 17.8. The third-order valence-corrected chi connectivity index (χ3v) is 4.26. The number of ether oxygens (including phenoxy) is 1. The minimum atomic E-state index is -0.212. The van der Waals surface area contributed by atoms with Crippen molar-refractivity contribution in [2.75, 3.05) is 33.3 Å². The van der Waals surface area contributed by atoms with Gasteiger partial charge in [-0.15, -0.1) is 24.0 Å². The fourth-order valence-corrected chi connectivity index (χ4v) is 2.87. The summed E-state index contributed by atoms with van der Waals surface area (Å²) in [5.41, 5.74) is 0. The summed E-state index contributed by atoms with van der Waals surface area (Å²) in [6.45, 7) is 7.54. The molecular weight excluding hydrogens is 447 g/mol. The normalized spacial score (nSPS) is 16.6. The largest absolute Gasteiger partial charge is 0.450 e. The van der Waals surface area contributed by atoms with E-state index in [4.69, 9.17) is 4.74 Å². The molecule has 0 bridgehead atoms. The van der Waals surface area contributed by atoms with E-state index < -0.39 is 0 Å². The number of amides is 1. The van der Waals surface area contributed by atoms with E-state index in [1.165, 1.54) is 0 Å². The Morgan fingerprint density at radius 2 is 2.15 bits per heavy atom. The number of hydrogen-bond acceptors (Lipinski definition) is 4. The van der Waals surface area contributed by atoms with Gasteiger partial charge >= 0.3 is 6.09 Å². The molecule has 8 nitrogen and oxygen atoms in total. The van der Waals surface area contributed by atoms with Gasteiger partial charge in [0.05, 0.1) is 6.61 Å². The number of guanidine groups is 1. The maximum Gasteiger partial charge on any atom is 0.409 e. The first kappa shape index (κ1) is 22.5. The predicted molar refractivity (Wildman–Crippen MR) is 113 cm³/mol. The SMILES string of the molecule is CCOC(=O)N1CCC(NC(=NC)NCC(C)Cn2cccn2)CC1.I. The van der Waals surface area contributed by atoms with Gasteiger partial charge in [-0.3, -0.25) is 9.67 Å². The zero-order chi connectivity index (χ0) is 18.1. The molecule has 0 saturated carbocycles. The first-order valence-electron chi connectivity index (χ1n) is 8.98. The van der Waals surface area contributed by atoms with E-state index in [9.17, 15) is 4.79 Å². The van der Waals surface area contributed by atoms with Crippen molar-refractivity contribution in [1.82, 2.24) is 25.3 Å². The molecule has 1 aromatic heterocycles. The summed E-state index contributed by atoms with van der Waals surface area (Å²) >= 11 is 0. The van der Waals surface area contributed by atoms with Crippen LogP contribution in [0.25, 0.3) is 0 Å². The summed E-state index contributed by atoms with van der Waals surface area (Å²) < 4.78 is 6.99. The highest BCUT2D eigenvalue weighted by Crippen LogP contribution is 2.11. The van der Waals surface area contributed by atoms with Crippen molar-refractivity contribution < 1.29 is 9.53 Å². The van der Waals surface area contributed by atoms with E-state index in [0.29, 0.717) is 31.7 Å². The average Bonchev–Trinajstić information content (AvgIpc) is 3.12. The van der Waals surface area contributed by atoms with Crippen LogP contribution in [-0.2, 0) is 11.3 Å². The number of likely N-dealkylation sites (tertiary alicyclic amines) is 1. The topological polar surface area (TPSA) is 83.8 Å². The van der Waals surface area contributed by atoms with Crippen LogP contribution >= 0.6 is 24.0 Å². The molecule has 26 heavy (non-hydrogen) atoms. The Labute approximate surface area is 172 Å². The molecule has 0 radical (unpaired) electrons. The van der Waals surface area contributed by atoms with Gasteiger partial charge in [0, 0.05) is 51.7 Å². The van der Waals surface area contributed by atoms with E-state index in [0.717, 1.165) is 31.9 Å². The lowest BCUT2D eigenvalue weighted by molar-refractivity contribution is 0.0963. The summed E-state index contributed by atoms with van der Waals surface area (Å²) in [6.07, 6.45) is 5.34.